The standard InChI is InChI=1S/C17H20N2O2/c1-3-7-14-10-13(11-16(21-2)17(14)20)12-18-19-15-8-5-4-6-9-15/h3-6,8-11,18-20H,1,7,12H2,2H3. The molecular weight excluding hydrogens is 264 g/mol. The van der Waals surface area contributed by atoms with Crippen LogP contribution in [0.15, 0.2) is 55.1 Å². The molecular formula is C17H20N2O2. The Kier molecular flexibility index (Phi) is 5.23. The normalized spacial score (nSPS) is 10.1. The van der Waals surface area contributed by atoms with Crippen molar-refractivity contribution in [2.75, 3.05) is 12.5 Å². The summed E-state index contributed by atoms with van der Waals surface area (Å²) in [4.78, 5) is 0. The van der Waals surface area contributed by atoms with Crippen LogP contribution in [0.25, 0.3) is 0 Å². The first-order valence-corrected chi connectivity index (χ1v) is 6.78. The number of benzene rings is 2. The summed E-state index contributed by atoms with van der Waals surface area (Å²) >= 11 is 0. The number of rotatable bonds is 7. The van der Waals surface area contributed by atoms with Crippen LogP contribution in [0.2, 0.25) is 0 Å². The van der Waals surface area contributed by atoms with Crippen LogP contribution in [0.3, 0.4) is 0 Å². The zero-order chi connectivity index (χ0) is 15.1. The molecule has 0 aliphatic carbocycles. The van der Waals surface area contributed by atoms with Gasteiger partial charge >= 0.3 is 0 Å². The van der Waals surface area contributed by atoms with Gasteiger partial charge in [0, 0.05) is 17.8 Å². The number of aromatic hydroxyl groups is 1. The van der Waals surface area contributed by atoms with Crippen molar-refractivity contribution in [2.24, 2.45) is 0 Å². The van der Waals surface area contributed by atoms with E-state index in [0.717, 1.165) is 16.8 Å². The highest BCUT2D eigenvalue weighted by Gasteiger charge is 2.09. The molecule has 0 heterocycles. The molecule has 2 aromatic carbocycles. The van der Waals surface area contributed by atoms with Crippen molar-refractivity contribution < 1.29 is 9.84 Å². The molecule has 0 atom stereocenters. The predicted octanol–water partition coefficient (Wildman–Crippen LogP) is 3.25. The lowest BCUT2D eigenvalue weighted by molar-refractivity contribution is 0.370. The van der Waals surface area contributed by atoms with Gasteiger partial charge in [-0.05, 0) is 30.2 Å². The average molecular weight is 284 g/mol. The van der Waals surface area contributed by atoms with E-state index in [9.17, 15) is 5.11 Å². The zero-order valence-corrected chi connectivity index (χ0v) is 12.1. The molecule has 0 aliphatic rings. The van der Waals surface area contributed by atoms with Crippen LogP contribution in [0.5, 0.6) is 11.5 Å². The van der Waals surface area contributed by atoms with Crippen LogP contribution < -0.4 is 15.6 Å². The Balaban J connectivity index is 2.05. The Hall–Kier alpha value is -2.46. The van der Waals surface area contributed by atoms with Crippen molar-refractivity contribution in [2.45, 2.75) is 13.0 Å². The van der Waals surface area contributed by atoms with Gasteiger partial charge in [0.2, 0.25) is 0 Å². The molecule has 0 saturated heterocycles. The van der Waals surface area contributed by atoms with E-state index in [-0.39, 0.29) is 5.75 Å². The first kappa shape index (κ1) is 14.9. The van der Waals surface area contributed by atoms with Crippen LogP contribution in [-0.2, 0) is 13.0 Å². The Morgan fingerprint density at radius 1 is 1.24 bits per heavy atom. The SMILES string of the molecule is C=CCc1cc(CNNc2ccccc2)cc(OC)c1O. The number of hydrazine groups is 1. The third kappa shape index (κ3) is 4.00. The maximum Gasteiger partial charge on any atom is 0.161 e. The number of ether oxygens (including phenoxy) is 1. The summed E-state index contributed by atoms with van der Waals surface area (Å²) in [5, 5.41) is 10.0. The van der Waals surface area contributed by atoms with E-state index in [1.807, 2.05) is 42.5 Å². The molecule has 0 spiro atoms. The molecule has 0 radical (unpaired) electrons. The van der Waals surface area contributed by atoms with Crippen LogP contribution in [0.1, 0.15) is 11.1 Å². The molecule has 2 rings (SSSR count). The highest BCUT2D eigenvalue weighted by atomic mass is 16.5. The number of methoxy groups -OCH3 is 1. The number of phenolic OH excluding ortho intramolecular Hbond substituents is 1. The average Bonchev–Trinajstić information content (AvgIpc) is 2.51. The maximum absolute atomic E-state index is 10.0. The van der Waals surface area contributed by atoms with Crippen LogP contribution >= 0.6 is 0 Å². The highest BCUT2D eigenvalue weighted by Crippen LogP contribution is 2.31. The summed E-state index contributed by atoms with van der Waals surface area (Å²) in [7, 11) is 1.55. The molecule has 2 aromatic rings. The minimum atomic E-state index is 0.178. The molecule has 0 bridgehead atoms. The van der Waals surface area contributed by atoms with E-state index >= 15 is 0 Å². The molecule has 0 aliphatic heterocycles. The van der Waals surface area contributed by atoms with Gasteiger partial charge in [-0.2, -0.15) is 0 Å². The smallest absolute Gasteiger partial charge is 0.161 e. The third-order valence-corrected chi connectivity index (χ3v) is 3.10. The second kappa shape index (κ2) is 7.36. The fraction of sp³-hybridized carbons (Fsp3) is 0.176. The van der Waals surface area contributed by atoms with E-state index in [1.165, 1.54) is 0 Å². The summed E-state index contributed by atoms with van der Waals surface area (Å²) in [6.07, 6.45) is 2.36. The van der Waals surface area contributed by atoms with E-state index in [0.29, 0.717) is 18.7 Å². The summed E-state index contributed by atoms with van der Waals surface area (Å²) in [5.41, 5.74) is 9.09. The molecule has 0 saturated carbocycles. The van der Waals surface area contributed by atoms with Crippen molar-refractivity contribution in [1.82, 2.24) is 5.43 Å². The molecule has 0 fully saturated rings. The Bertz CT molecular complexity index is 597. The van der Waals surface area contributed by atoms with Gasteiger partial charge in [0.1, 0.15) is 0 Å². The quantitative estimate of drug-likeness (QED) is 0.539. The summed E-state index contributed by atoms with van der Waals surface area (Å²) in [6, 6.07) is 13.6. The van der Waals surface area contributed by atoms with E-state index < -0.39 is 0 Å². The van der Waals surface area contributed by atoms with Gasteiger partial charge in [-0.3, -0.25) is 0 Å². The van der Waals surface area contributed by atoms with Crippen molar-refractivity contribution >= 4 is 5.69 Å². The maximum atomic E-state index is 10.0. The molecule has 0 aromatic heterocycles. The number of para-hydroxylation sites is 1. The number of nitrogens with one attached hydrogen (secondary N) is 2. The molecule has 0 unspecified atom stereocenters. The van der Waals surface area contributed by atoms with Crippen molar-refractivity contribution in [3.63, 3.8) is 0 Å². The Labute approximate surface area is 125 Å². The lowest BCUT2D eigenvalue weighted by Crippen LogP contribution is -2.20. The number of hydrogen-bond donors (Lipinski definition) is 3. The number of phenols is 1. The summed E-state index contributed by atoms with van der Waals surface area (Å²) in [5.74, 6) is 0.656. The first-order valence-electron chi connectivity index (χ1n) is 6.78. The minimum absolute atomic E-state index is 0.178. The highest BCUT2D eigenvalue weighted by molar-refractivity contribution is 5.49. The summed E-state index contributed by atoms with van der Waals surface area (Å²) < 4.78 is 5.20. The van der Waals surface area contributed by atoms with Gasteiger partial charge in [0.05, 0.1) is 7.11 Å². The van der Waals surface area contributed by atoms with E-state index in [2.05, 4.69) is 17.4 Å². The summed E-state index contributed by atoms with van der Waals surface area (Å²) in [6.45, 7) is 4.31. The fourth-order valence-electron chi connectivity index (χ4n) is 2.07. The third-order valence-electron chi connectivity index (χ3n) is 3.10. The number of anilines is 1. The molecule has 110 valence electrons. The van der Waals surface area contributed by atoms with Crippen molar-refractivity contribution in [3.8, 4) is 11.5 Å². The molecule has 4 heteroatoms. The Morgan fingerprint density at radius 3 is 2.67 bits per heavy atom. The molecule has 21 heavy (non-hydrogen) atoms. The predicted molar refractivity (Wildman–Crippen MR) is 85.5 cm³/mol. The van der Waals surface area contributed by atoms with Crippen molar-refractivity contribution in [3.05, 3.63) is 66.2 Å². The van der Waals surface area contributed by atoms with Crippen LogP contribution in [-0.4, -0.2) is 12.2 Å². The second-order valence-electron chi connectivity index (χ2n) is 4.64. The van der Waals surface area contributed by atoms with E-state index in [4.69, 9.17) is 4.74 Å². The number of allylic oxidation sites excluding steroid dienone is 1. The van der Waals surface area contributed by atoms with Crippen molar-refractivity contribution in [1.29, 1.82) is 0 Å². The Morgan fingerprint density at radius 2 is 2.00 bits per heavy atom. The van der Waals surface area contributed by atoms with Crippen LogP contribution in [0, 0.1) is 0 Å². The molecule has 4 nitrogen and oxygen atoms in total. The lowest BCUT2D eigenvalue weighted by atomic mass is 10.1. The van der Waals surface area contributed by atoms with Gasteiger partial charge in [0.25, 0.3) is 0 Å². The zero-order valence-electron chi connectivity index (χ0n) is 12.1. The van der Waals surface area contributed by atoms with Gasteiger partial charge in [-0.15, -0.1) is 6.58 Å². The lowest BCUT2D eigenvalue weighted by Gasteiger charge is -2.13. The largest absolute Gasteiger partial charge is 0.504 e. The van der Waals surface area contributed by atoms with Crippen LogP contribution in [0.4, 0.5) is 5.69 Å². The van der Waals surface area contributed by atoms with Gasteiger partial charge in [-0.25, -0.2) is 5.43 Å². The fourth-order valence-corrected chi connectivity index (χ4v) is 2.07. The van der Waals surface area contributed by atoms with Gasteiger partial charge in [0.15, 0.2) is 11.5 Å². The second-order valence-corrected chi connectivity index (χ2v) is 4.64. The van der Waals surface area contributed by atoms with Gasteiger partial charge in [-0.1, -0.05) is 30.3 Å². The first-order chi connectivity index (χ1) is 10.2. The molecule has 3 N–H and O–H groups in total. The van der Waals surface area contributed by atoms with E-state index in [1.54, 1.807) is 13.2 Å². The number of hydrogen-bond acceptors (Lipinski definition) is 4. The topological polar surface area (TPSA) is 53.5 Å². The monoisotopic (exact) mass is 284 g/mol. The molecule has 0 amide bonds. The van der Waals surface area contributed by atoms with Gasteiger partial charge < -0.3 is 15.3 Å². The minimum Gasteiger partial charge on any atom is -0.504 e.